The van der Waals surface area contributed by atoms with Crippen LogP contribution < -0.4 is 11.3 Å². The first-order valence-corrected chi connectivity index (χ1v) is 7.00. The standard InChI is InChI=1S/C13H24N2O/c14-15-13(9-4-2-1-3-5-9)11-8-10-6-7-12(11)16-10/h9-13,15H,1-8,14H2. The van der Waals surface area contributed by atoms with Crippen LogP contribution in [0.2, 0.25) is 0 Å². The Morgan fingerprint density at radius 2 is 1.88 bits per heavy atom. The Balaban J connectivity index is 1.65. The van der Waals surface area contributed by atoms with E-state index in [4.69, 9.17) is 10.6 Å². The van der Waals surface area contributed by atoms with Crippen LogP contribution in [0.25, 0.3) is 0 Å². The second kappa shape index (κ2) is 4.63. The molecule has 0 amide bonds. The third-order valence-corrected chi connectivity index (χ3v) is 4.96. The second-order valence-electron chi connectivity index (χ2n) is 5.86. The SMILES string of the molecule is NNC(C1CCCCC1)C1CC2CCC1O2. The van der Waals surface area contributed by atoms with E-state index in [0.29, 0.717) is 24.2 Å². The van der Waals surface area contributed by atoms with Crippen LogP contribution in [0.15, 0.2) is 0 Å². The number of nitrogens with two attached hydrogens (primary N) is 1. The third-order valence-electron chi connectivity index (χ3n) is 4.96. The number of hydrogen-bond donors (Lipinski definition) is 2. The maximum atomic E-state index is 5.96. The van der Waals surface area contributed by atoms with E-state index in [1.165, 1.54) is 51.4 Å². The summed E-state index contributed by atoms with van der Waals surface area (Å²) in [7, 11) is 0. The van der Waals surface area contributed by atoms with Crippen molar-refractivity contribution in [3.8, 4) is 0 Å². The van der Waals surface area contributed by atoms with Crippen LogP contribution in [-0.2, 0) is 4.74 Å². The Labute approximate surface area is 98.1 Å². The van der Waals surface area contributed by atoms with E-state index in [0.717, 1.165) is 5.92 Å². The van der Waals surface area contributed by atoms with Crippen LogP contribution in [0.5, 0.6) is 0 Å². The largest absolute Gasteiger partial charge is 0.375 e. The van der Waals surface area contributed by atoms with Gasteiger partial charge in [-0.15, -0.1) is 0 Å². The predicted octanol–water partition coefficient (Wildman–Crippen LogP) is 1.97. The van der Waals surface area contributed by atoms with Gasteiger partial charge in [-0.3, -0.25) is 11.3 Å². The highest BCUT2D eigenvalue weighted by atomic mass is 16.5. The molecule has 4 atom stereocenters. The fourth-order valence-corrected chi connectivity index (χ4v) is 4.16. The molecule has 2 heterocycles. The van der Waals surface area contributed by atoms with Gasteiger partial charge < -0.3 is 4.74 Å². The summed E-state index contributed by atoms with van der Waals surface area (Å²) in [5.74, 6) is 7.29. The van der Waals surface area contributed by atoms with Gasteiger partial charge in [-0.05, 0) is 38.0 Å². The molecule has 16 heavy (non-hydrogen) atoms. The van der Waals surface area contributed by atoms with Crippen molar-refractivity contribution in [1.29, 1.82) is 0 Å². The van der Waals surface area contributed by atoms with Crippen molar-refractivity contribution in [2.45, 2.75) is 69.6 Å². The van der Waals surface area contributed by atoms with Gasteiger partial charge in [0, 0.05) is 12.0 Å². The summed E-state index contributed by atoms with van der Waals surface area (Å²) in [6.45, 7) is 0. The molecule has 3 N–H and O–H groups in total. The lowest BCUT2D eigenvalue weighted by molar-refractivity contribution is 0.0756. The van der Waals surface area contributed by atoms with Crippen LogP contribution in [0.1, 0.15) is 51.4 Å². The molecule has 2 aliphatic heterocycles. The lowest BCUT2D eigenvalue weighted by atomic mass is 9.74. The average Bonchev–Trinajstić information content (AvgIpc) is 2.94. The smallest absolute Gasteiger partial charge is 0.0624 e. The topological polar surface area (TPSA) is 47.3 Å². The minimum atomic E-state index is 0.507. The first-order valence-electron chi connectivity index (χ1n) is 7.00. The van der Waals surface area contributed by atoms with E-state index in [1.54, 1.807) is 0 Å². The summed E-state index contributed by atoms with van der Waals surface area (Å²) in [5, 5.41) is 0. The molecular formula is C13H24N2O. The quantitative estimate of drug-likeness (QED) is 0.569. The molecular weight excluding hydrogens is 200 g/mol. The van der Waals surface area contributed by atoms with E-state index in [1.807, 2.05) is 0 Å². The highest BCUT2D eigenvalue weighted by Crippen LogP contribution is 2.43. The lowest BCUT2D eigenvalue weighted by Gasteiger charge is -2.36. The van der Waals surface area contributed by atoms with Crippen LogP contribution in [0.3, 0.4) is 0 Å². The maximum Gasteiger partial charge on any atom is 0.0624 e. The summed E-state index contributed by atoms with van der Waals surface area (Å²) < 4.78 is 5.96. The van der Waals surface area contributed by atoms with Crippen molar-refractivity contribution in [2.75, 3.05) is 0 Å². The Hall–Kier alpha value is -0.120. The van der Waals surface area contributed by atoms with Crippen molar-refractivity contribution >= 4 is 0 Å². The minimum Gasteiger partial charge on any atom is -0.375 e. The summed E-state index contributed by atoms with van der Waals surface area (Å²) in [6.07, 6.45) is 11.8. The van der Waals surface area contributed by atoms with Gasteiger partial charge in [0.25, 0.3) is 0 Å². The average molecular weight is 224 g/mol. The van der Waals surface area contributed by atoms with Crippen molar-refractivity contribution < 1.29 is 4.74 Å². The highest BCUT2D eigenvalue weighted by Gasteiger charge is 2.46. The Bertz CT molecular complexity index is 240. The Morgan fingerprint density at radius 3 is 2.44 bits per heavy atom. The maximum absolute atomic E-state index is 5.96. The highest BCUT2D eigenvalue weighted by molar-refractivity contribution is 4.97. The minimum absolute atomic E-state index is 0.507. The number of rotatable bonds is 3. The molecule has 3 fully saturated rings. The second-order valence-corrected chi connectivity index (χ2v) is 5.86. The molecule has 0 aromatic carbocycles. The van der Waals surface area contributed by atoms with E-state index in [9.17, 15) is 0 Å². The summed E-state index contributed by atoms with van der Waals surface area (Å²) in [6, 6.07) is 0.510. The van der Waals surface area contributed by atoms with Crippen molar-refractivity contribution in [3.63, 3.8) is 0 Å². The van der Waals surface area contributed by atoms with Gasteiger partial charge in [0.2, 0.25) is 0 Å². The normalized spacial score (nSPS) is 41.4. The molecule has 1 aliphatic carbocycles. The van der Waals surface area contributed by atoms with Gasteiger partial charge in [0.15, 0.2) is 0 Å². The summed E-state index contributed by atoms with van der Waals surface area (Å²) >= 11 is 0. The van der Waals surface area contributed by atoms with E-state index < -0.39 is 0 Å². The predicted molar refractivity (Wildman–Crippen MR) is 63.7 cm³/mol. The first kappa shape index (κ1) is 11.0. The van der Waals surface area contributed by atoms with Gasteiger partial charge in [0.05, 0.1) is 12.2 Å². The van der Waals surface area contributed by atoms with Gasteiger partial charge in [0.1, 0.15) is 0 Å². The molecule has 0 aromatic rings. The lowest BCUT2D eigenvalue weighted by Crippen LogP contribution is -2.49. The van der Waals surface area contributed by atoms with Crippen LogP contribution in [-0.4, -0.2) is 18.2 Å². The van der Waals surface area contributed by atoms with Crippen molar-refractivity contribution in [3.05, 3.63) is 0 Å². The zero-order valence-corrected chi connectivity index (χ0v) is 10.0. The molecule has 3 nitrogen and oxygen atoms in total. The number of hydrazine groups is 1. The van der Waals surface area contributed by atoms with Crippen molar-refractivity contribution in [2.24, 2.45) is 17.7 Å². The molecule has 2 saturated heterocycles. The van der Waals surface area contributed by atoms with E-state index >= 15 is 0 Å². The molecule has 0 spiro atoms. The van der Waals surface area contributed by atoms with Gasteiger partial charge in [-0.1, -0.05) is 19.3 Å². The molecule has 92 valence electrons. The summed E-state index contributed by atoms with van der Waals surface area (Å²) in [4.78, 5) is 0. The Morgan fingerprint density at radius 1 is 1.06 bits per heavy atom. The Kier molecular flexibility index (Phi) is 3.18. The van der Waals surface area contributed by atoms with E-state index in [2.05, 4.69) is 5.43 Å². The molecule has 3 aliphatic rings. The monoisotopic (exact) mass is 224 g/mol. The molecule has 2 bridgehead atoms. The number of nitrogens with one attached hydrogen (secondary N) is 1. The molecule has 3 heteroatoms. The molecule has 0 aromatic heterocycles. The fourth-order valence-electron chi connectivity index (χ4n) is 4.16. The number of ether oxygens (including phenoxy) is 1. The van der Waals surface area contributed by atoms with Crippen LogP contribution in [0.4, 0.5) is 0 Å². The first-order chi connectivity index (χ1) is 7.88. The number of fused-ring (bicyclic) bond motifs is 2. The van der Waals surface area contributed by atoms with Crippen molar-refractivity contribution in [1.82, 2.24) is 5.43 Å². The molecule has 3 rings (SSSR count). The fraction of sp³-hybridized carbons (Fsp3) is 1.00. The van der Waals surface area contributed by atoms with Crippen LogP contribution in [0, 0.1) is 11.8 Å². The zero-order chi connectivity index (χ0) is 11.0. The van der Waals surface area contributed by atoms with Gasteiger partial charge in [-0.25, -0.2) is 0 Å². The van der Waals surface area contributed by atoms with E-state index in [-0.39, 0.29) is 0 Å². The molecule has 1 saturated carbocycles. The van der Waals surface area contributed by atoms with Gasteiger partial charge >= 0.3 is 0 Å². The number of hydrogen-bond acceptors (Lipinski definition) is 3. The van der Waals surface area contributed by atoms with Crippen LogP contribution >= 0.6 is 0 Å². The van der Waals surface area contributed by atoms with Gasteiger partial charge in [-0.2, -0.15) is 0 Å². The summed E-state index contributed by atoms with van der Waals surface area (Å²) in [5.41, 5.74) is 3.12. The molecule has 0 radical (unpaired) electrons. The molecule has 4 unspecified atom stereocenters. The third kappa shape index (κ3) is 1.89. The zero-order valence-electron chi connectivity index (χ0n) is 10.0.